The lowest BCUT2D eigenvalue weighted by molar-refractivity contribution is -0.163. The number of carbonyl (C=O) groups is 3. The molecule has 9 atom stereocenters. The standard InChI is InChI=1S/C25H38O5/c1-15(4-9-23(28)29)19-7-8-20-18-6-5-16-12-17(30-14-26)10-11-24(16,2)21(18)13-22(27)25(19,20)3/h14-21H,4-13H2,1-3H3,(H,28,29)/t15-,16-,17-,18-,19+,20-,21-,24-,25+/m0/s1. The number of ether oxygens (including phenoxy) is 1. The molecule has 0 aromatic carbocycles. The van der Waals surface area contributed by atoms with Gasteiger partial charge in [-0.15, -0.1) is 0 Å². The summed E-state index contributed by atoms with van der Waals surface area (Å²) in [6, 6.07) is 0. The summed E-state index contributed by atoms with van der Waals surface area (Å²) in [7, 11) is 0. The highest BCUT2D eigenvalue weighted by atomic mass is 16.5. The van der Waals surface area contributed by atoms with Crippen LogP contribution >= 0.6 is 0 Å². The van der Waals surface area contributed by atoms with Crippen molar-refractivity contribution in [3.05, 3.63) is 0 Å². The molecule has 30 heavy (non-hydrogen) atoms. The van der Waals surface area contributed by atoms with E-state index in [1.807, 2.05) is 0 Å². The Morgan fingerprint density at radius 1 is 1.20 bits per heavy atom. The number of ketones is 1. The van der Waals surface area contributed by atoms with Gasteiger partial charge in [0.05, 0.1) is 0 Å². The first kappa shape index (κ1) is 21.8. The van der Waals surface area contributed by atoms with Gasteiger partial charge in [0.2, 0.25) is 0 Å². The van der Waals surface area contributed by atoms with Crippen molar-refractivity contribution < 1.29 is 24.2 Å². The molecule has 0 amide bonds. The fraction of sp³-hybridized carbons (Fsp3) is 0.880. The summed E-state index contributed by atoms with van der Waals surface area (Å²) in [5.74, 6) is 2.34. The van der Waals surface area contributed by atoms with Crippen molar-refractivity contribution in [2.24, 2.45) is 46.3 Å². The van der Waals surface area contributed by atoms with Crippen molar-refractivity contribution in [3.63, 3.8) is 0 Å². The van der Waals surface area contributed by atoms with E-state index in [0.29, 0.717) is 54.7 Å². The smallest absolute Gasteiger partial charge is 0.303 e. The van der Waals surface area contributed by atoms with E-state index in [2.05, 4.69) is 20.8 Å². The number of aliphatic carboxylic acids is 1. The summed E-state index contributed by atoms with van der Waals surface area (Å²) in [6.07, 6.45) is 9.05. The topological polar surface area (TPSA) is 80.7 Å². The lowest BCUT2D eigenvalue weighted by Gasteiger charge is -2.60. The van der Waals surface area contributed by atoms with Gasteiger partial charge in [0.1, 0.15) is 11.9 Å². The molecule has 4 fully saturated rings. The first-order valence-corrected chi connectivity index (χ1v) is 12.1. The zero-order valence-electron chi connectivity index (χ0n) is 18.8. The average molecular weight is 419 g/mol. The Bertz CT molecular complexity index is 704. The Morgan fingerprint density at radius 2 is 1.97 bits per heavy atom. The molecule has 0 radical (unpaired) electrons. The van der Waals surface area contributed by atoms with Crippen molar-refractivity contribution in [1.82, 2.24) is 0 Å². The highest BCUT2D eigenvalue weighted by Crippen LogP contribution is 2.67. The van der Waals surface area contributed by atoms with Gasteiger partial charge in [-0.25, -0.2) is 0 Å². The van der Waals surface area contributed by atoms with Gasteiger partial charge in [-0.05, 0) is 92.3 Å². The Morgan fingerprint density at radius 3 is 2.67 bits per heavy atom. The molecule has 0 spiro atoms. The summed E-state index contributed by atoms with van der Waals surface area (Å²) in [4.78, 5) is 35.6. The summed E-state index contributed by atoms with van der Waals surface area (Å²) in [6.45, 7) is 7.38. The molecule has 5 heteroatoms. The van der Waals surface area contributed by atoms with Crippen molar-refractivity contribution in [3.8, 4) is 0 Å². The van der Waals surface area contributed by atoms with Gasteiger partial charge >= 0.3 is 5.97 Å². The van der Waals surface area contributed by atoms with E-state index in [1.165, 1.54) is 12.8 Å². The van der Waals surface area contributed by atoms with E-state index in [0.717, 1.165) is 32.1 Å². The van der Waals surface area contributed by atoms with E-state index in [9.17, 15) is 14.4 Å². The molecule has 4 saturated carbocycles. The molecule has 0 bridgehead atoms. The molecule has 4 aliphatic rings. The third-order valence-electron chi connectivity index (χ3n) is 10.3. The van der Waals surface area contributed by atoms with Gasteiger partial charge in [0.15, 0.2) is 0 Å². The first-order valence-electron chi connectivity index (χ1n) is 12.1. The van der Waals surface area contributed by atoms with Crippen LogP contribution in [-0.4, -0.2) is 29.4 Å². The molecule has 0 aromatic rings. The van der Waals surface area contributed by atoms with Crippen LogP contribution in [0.5, 0.6) is 0 Å². The number of rotatable bonds is 6. The Balaban J connectivity index is 1.54. The van der Waals surface area contributed by atoms with Gasteiger partial charge in [-0.2, -0.15) is 0 Å². The quantitative estimate of drug-likeness (QED) is 0.623. The molecule has 1 N–H and O–H groups in total. The molecular weight excluding hydrogens is 380 g/mol. The molecule has 4 aliphatic carbocycles. The molecule has 0 aromatic heterocycles. The van der Waals surface area contributed by atoms with Crippen LogP contribution < -0.4 is 0 Å². The van der Waals surface area contributed by atoms with Crippen LogP contribution in [0.3, 0.4) is 0 Å². The molecule has 0 unspecified atom stereocenters. The summed E-state index contributed by atoms with van der Waals surface area (Å²) in [5.41, 5.74) is -0.101. The predicted molar refractivity (Wildman–Crippen MR) is 113 cm³/mol. The van der Waals surface area contributed by atoms with Crippen LogP contribution in [0.4, 0.5) is 0 Å². The maximum absolute atomic E-state index is 13.7. The maximum atomic E-state index is 13.7. The van der Waals surface area contributed by atoms with Crippen molar-refractivity contribution >= 4 is 18.2 Å². The van der Waals surface area contributed by atoms with Crippen LogP contribution in [-0.2, 0) is 19.1 Å². The van der Waals surface area contributed by atoms with E-state index in [4.69, 9.17) is 9.84 Å². The minimum atomic E-state index is -0.739. The fourth-order valence-corrected chi connectivity index (χ4v) is 8.62. The molecule has 168 valence electrons. The monoisotopic (exact) mass is 418 g/mol. The zero-order valence-corrected chi connectivity index (χ0v) is 18.8. The number of carboxylic acids is 1. The lowest BCUT2D eigenvalue weighted by Crippen LogP contribution is -2.57. The molecule has 5 nitrogen and oxygen atoms in total. The Hall–Kier alpha value is -1.39. The van der Waals surface area contributed by atoms with Crippen LogP contribution in [0, 0.1) is 46.3 Å². The van der Waals surface area contributed by atoms with Gasteiger partial charge in [0.25, 0.3) is 6.47 Å². The van der Waals surface area contributed by atoms with Crippen molar-refractivity contribution in [2.45, 2.75) is 91.1 Å². The lowest BCUT2D eigenvalue weighted by atomic mass is 9.44. The van der Waals surface area contributed by atoms with Gasteiger partial charge < -0.3 is 9.84 Å². The first-order chi connectivity index (χ1) is 14.2. The van der Waals surface area contributed by atoms with Gasteiger partial charge in [-0.1, -0.05) is 20.8 Å². The van der Waals surface area contributed by atoms with Crippen LogP contribution in [0.15, 0.2) is 0 Å². The summed E-state index contributed by atoms with van der Waals surface area (Å²) >= 11 is 0. The number of Topliss-reactive ketones (excluding diaryl/α,β-unsaturated/α-hetero) is 1. The second-order valence-corrected chi connectivity index (χ2v) is 11.3. The van der Waals surface area contributed by atoms with E-state index in [-0.39, 0.29) is 29.3 Å². The Labute approximate surface area is 180 Å². The number of hydrogen-bond donors (Lipinski definition) is 1. The SMILES string of the molecule is C[C@@H](CCC(=O)O)[C@H]1CC[C@H]2[C@@H]3CC[C@H]4C[C@@H](OC=O)CC[C@]4(C)[C@H]3CC(=O)[C@]12C. The predicted octanol–water partition coefficient (Wildman–Crippen LogP) is 4.87. The second-order valence-electron chi connectivity index (χ2n) is 11.3. The van der Waals surface area contributed by atoms with Gasteiger partial charge in [0, 0.05) is 18.3 Å². The summed E-state index contributed by atoms with van der Waals surface area (Å²) < 4.78 is 5.31. The Kier molecular flexibility index (Phi) is 5.78. The molecule has 4 rings (SSSR count). The highest BCUT2D eigenvalue weighted by molar-refractivity contribution is 5.87. The van der Waals surface area contributed by atoms with Crippen LogP contribution in [0.25, 0.3) is 0 Å². The van der Waals surface area contributed by atoms with Crippen molar-refractivity contribution in [2.75, 3.05) is 0 Å². The normalized spacial score (nSPS) is 46.3. The molecule has 0 heterocycles. The highest BCUT2D eigenvalue weighted by Gasteiger charge is 2.64. The number of fused-ring (bicyclic) bond motifs is 5. The molecule has 0 saturated heterocycles. The van der Waals surface area contributed by atoms with Gasteiger partial charge in [-0.3, -0.25) is 14.4 Å². The van der Waals surface area contributed by atoms with Crippen LogP contribution in [0.2, 0.25) is 0 Å². The van der Waals surface area contributed by atoms with E-state index in [1.54, 1.807) is 0 Å². The van der Waals surface area contributed by atoms with E-state index < -0.39 is 5.97 Å². The minimum absolute atomic E-state index is 0.0487. The average Bonchev–Trinajstić information content (AvgIpc) is 3.06. The number of carboxylic acid groups (broad SMARTS) is 1. The second kappa shape index (κ2) is 7.94. The minimum Gasteiger partial charge on any atom is -0.481 e. The third-order valence-corrected chi connectivity index (χ3v) is 10.3. The third kappa shape index (κ3) is 3.31. The van der Waals surface area contributed by atoms with Crippen molar-refractivity contribution in [1.29, 1.82) is 0 Å². The summed E-state index contributed by atoms with van der Waals surface area (Å²) in [5, 5.41) is 9.10. The van der Waals surface area contributed by atoms with Crippen LogP contribution in [0.1, 0.15) is 85.0 Å². The number of carbonyl (C=O) groups excluding carboxylic acids is 2. The molecular formula is C25H38O5. The maximum Gasteiger partial charge on any atom is 0.303 e. The molecule has 0 aliphatic heterocycles. The van der Waals surface area contributed by atoms with E-state index >= 15 is 0 Å². The fourth-order valence-electron chi connectivity index (χ4n) is 8.62. The zero-order chi connectivity index (χ0) is 21.7. The number of hydrogen-bond acceptors (Lipinski definition) is 4. The largest absolute Gasteiger partial charge is 0.481 e.